The Morgan fingerprint density at radius 1 is 1.44 bits per heavy atom. The zero-order valence-electron chi connectivity index (χ0n) is 10.8. The van der Waals surface area contributed by atoms with E-state index in [1.807, 2.05) is 0 Å². The third-order valence-corrected chi connectivity index (χ3v) is 3.36. The van der Waals surface area contributed by atoms with Crippen LogP contribution in [0.4, 0.5) is 0 Å². The van der Waals surface area contributed by atoms with Crippen molar-refractivity contribution >= 4 is 0 Å². The van der Waals surface area contributed by atoms with E-state index in [0.29, 0.717) is 5.92 Å². The van der Waals surface area contributed by atoms with Gasteiger partial charge in [0, 0.05) is 5.57 Å². The number of ether oxygens (including phenoxy) is 1. The molecule has 1 atom stereocenters. The van der Waals surface area contributed by atoms with Crippen LogP contribution >= 0.6 is 0 Å². The number of hydrogen-bond donors (Lipinski definition) is 0. The molecule has 0 aromatic rings. The summed E-state index contributed by atoms with van der Waals surface area (Å²) in [6.45, 7) is 8.72. The van der Waals surface area contributed by atoms with Crippen LogP contribution in [-0.4, -0.2) is 5.60 Å². The zero-order valence-corrected chi connectivity index (χ0v) is 10.8. The molecule has 0 aromatic carbocycles. The van der Waals surface area contributed by atoms with Crippen LogP contribution in [-0.2, 0) is 4.74 Å². The van der Waals surface area contributed by atoms with Crippen LogP contribution < -0.4 is 0 Å². The minimum absolute atomic E-state index is 0.151. The summed E-state index contributed by atoms with van der Waals surface area (Å²) < 4.78 is 6.04. The van der Waals surface area contributed by atoms with Gasteiger partial charge in [-0.25, -0.2) is 0 Å². The fourth-order valence-corrected chi connectivity index (χ4v) is 2.88. The molecule has 1 heteroatoms. The summed E-state index contributed by atoms with van der Waals surface area (Å²) in [6, 6.07) is 0. The lowest BCUT2D eigenvalue weighted by Crippen LogP contribution is -2.28. The Hall–Kier alpha value is -0.980. The number of hydrogen-bond acceptors (Lipinski definition) is 1. The van der Waals surface area contributed by atoms with E-state index in [0.717, 1.165) is 5.76 Å². The van der Waals surface area contributed by atoms with E-state index in [1.165, 1.54) is 30.4 Å². The molecule has 1 nitrogen and oxygen atoms in total. The molecule has 0 saturated carbocycles. The lowest BCUT2D eigenvalue weighted by Gasteiger charge is -2.35. The lowest BCUT2D eigenvalue weighted by atomic mass is 9.80. The van der Waals surface area contributed by atoms with Gasteiger partial charge in [0.15, 0.2) is 0 Å². The van der Waals surface area contributed by atoms with Crippen molar-refractivity contribution in [3.8, 4) is 0 Å². The molecule has 1 aliphatic carbocycles. The maximum atomic E-state index is 6.04. The fraction of sp³-hybridized carbons (Fsp3) is 0.600. The van der Waals surface area contributed by atoms with Crippen molar-refractivity contribution in [3.63, 3.8) is 0 Å². The van der Waals surface area contributed by atoms with E-state index < -0.39 is 0 Å². The second-order valence-corrected chi connectivity index (χ2v) is 5.43. The molecular formula is C15H22O. The van der Waals surface area contributed by atoms with Gasteiger partial charge in [-0.2, -0.15) is 0 Å². The normalized spacial score (nSPS) is 27.2. The monoisotopic (exact) mass is 218 g/mol. The Labute approximate surface area is 98.9 Å². The minimum Gasteiger partial charge on any atom is -0.483 e. The van der Waals surface area contributed by atoms with Crippen LogP contribution in [0, 0.1) is 5.92 Å². The van der Waals surface area contributed by atoms with Gasteiger partial charge in [0.1, 0.15) is 11.4 Å². The molecule has 0 amide bonds. The first-order valence-electron chi connectivity index (χ1n) is 6.33. The lowest BCUT2D eigenvalue weighted by molar-refractivity contribution is 0.0763. The van der Waals surface area contributed by atoms with Crippen molar-refractivity contribution in [1.29, 1.82) is 0 Å². The maximum Gasteiger partial charge on any atom is 0.124 e. The quantitative estimate of drug-likeness (QED) is 0.668. The standard InChI is InChI=1S/C15H22O/c1-5-7-12-8-6-9-13-14(12)11(2)10-15(3,4)16-13/h6,9-10,12H,5,7-8H2,1-4H3/t12-/m1/s1. The Kier molecular flexibility index (Phi) is 2.96. The minimum atomic E-state index is -0.151. The topological polar surface area (TPSA) is 9.23 Å². The predicted molar refractivity (Wildman–Crippen MR) is 68.1 cm³/mol. The second-order valence-electron chi connectivity index (χ2n) is 5.43. The highest BCUT2D eigenvalue weighted by Gasteiger charge is 2.30. The van der Waals surface area contributed by atoms with Crippen molar-refractivity contribution < 1.29 is 4.74 Å². The van der Waals surface area contributed by atoms with Gasteiger partial charge in [0.2, 0.25) is 0 Å². The molecule has 1 heterocycles. The van der Waals surface area contributed by atoms with Gasteiger partial charge in [-0.1, -0.05) is 19.4 Å². The summed E-state index contributed by atoms with van der Waals surface area (Å²) >= 11 is 0. The van der Waals surface area contributed by atoms with Gasteiger partial charge >= 0.3 is 0 Å². The van der Waals surface area contributed by atoms with Crippen LogP contribution in [0.5, 0.6) is 0 Å². The first-order chi connectivity index (χ1) is 7.53. The van der Waals surface area contributed by atoms with Crippen molar-refractivity contribution in [3.05, 3.63) is 35.1 Å². The molecule has 0 unspecified atom stereocenters. The third-order valence-electron chi connectivity index (χ3n) is 3.36. The molecule has 0 N–H and O–H groups in total. The van der Waals surface area contributed by atoms with Crippen LogP contribution in [0.15, 0.2) is 35.1 Å². The summed E-state index contributed by atoms with van der Waals surface area (Å²) in [5, 5.41) is 0. The summed E-state index contributed by atoms with van der Waals surface area (Å²) in [6.07, 6.45) is 10.3. The third kappa shape index (κ3) is 2.09. The van der Waals surface area contributed by atoms with Crippen LogP contribution in [0.1, 0.15) is 47.0 Å². The van der Waals surface area contributed by atoms with Crippen molar-refractivity contribution in [2.45, 2.75) is 52.6 Å². The maximum absolute atomic E-state index is 6.04. The smallest absolute Gasteiger partial charge is 0.124 e. The van der Waals surface area contributed by atoms with E-state index in [-0.39, 0.29) is 5.60 Å². The second kappa shape index (κ2) is 4.12. The molecule has 0 spiro atoms. The Balaban J connectivity index is 2.34. The van der Waals surface area contributed by atoms with Crippen molar-refractivity contribution in [2.24, 2.45) is 5.92 Å². The van der Waals surface area contributed by atoms with E-state index >= 15 is 0 Å². The Bertz CT molecular complexity index is 369. The summed E-state index contributed by atoms with van der Waals surface area (Å²) in [7, 11) is 0. The van der Waals surface area contributed by atoms with Gasteiger partial charge in [-0.3, -0.25) is 0 Å². The van der Waals surface area contributed by atoms with Gasteiger partial charge < -0.3 is 4.74 Å². The molecule has 0 bridgehead atoms. The highest BCUT2D eigenvalue weighted by atomic mass is 16.5. The average Bonchev–Trinajstić information content (AvgIpc) is 2.15. The molecule has 1 aliphatic heterocycles. The van der Waals surface area contributed by atoms with E-state index in [2.05, 4.69) is 45.9 Å². The van der Waals surface area contributed by atoms with E-state index in [9.17, 15) is 0 Å². The van der Waals surface area contributed by atoms with Gasteiger partial charge in [-0.05, 0) is 57.3 Å². The number of rotatable bonds is 2. The Morgan fingerprint density at radius 2 is 2.19 bits per heavy atom. The molecule has 16 heavy (non-hydrogen) atoms. The van der Waals surface area contributed by atoms with Crippen LogP contribution in [0.3, 0.4) is 0 Å². The summed E-state index contributed by atoms with van der Waals surface area (Å²) in [5.41, 5.74) is 2.71. The fourth-order valence-electron chi connectivity index (χ4n) is 2.88. The van der Waals surface area contributed by atoms with Crippen LogP contribution in [0.25, 0.3) is 0 Å². The van der Waals surface area contributed by atoms with Crippen molar-refractivity contribution in [1.82, 2.24) is 0 Å². The highest BCUT2D eigenvalue weighted by molar-refractivity contribution is 5.44. The molecule has 2 aliphatic rings. The molecule has 0 aromatic heterocycles. The molecule has 2 rings (SSSR count). The Morgan fingerprint density at radius 3 is 2.88 bits per heavy atom. The molecule has 0 radical (unpaired) electrons. The molecule has 0 fully saturated rings. The predicted octanol–water partition coefficient (Wildman–Crippen LogP) is 4.37. The largest absolute Gasteiger partial charge is 0.483 e. The first-order valence-corrected chi connectivity index (χ1v) is 6.33. The zero-order chi connectivity index (χ0) is 11.8. The van der Waals surface area contributed by atoms with Gasteiger partial charge in [-0.15, -0.1) is 0 Å². The van der Waals surface area contributed by atoms with Crippen LogP contribution in [0.2, 0.25) is 0 Å². The SMILES string of the molecule is CCC[C@@H]1CC=CC2=C1C(C)=CC(C)(C)O2. The van der Waals surface area contributed by atoms with Gasteiger partial charge in [0.25, 0.3) is 0 Å². The molecule has 0 saturated heterocycles. The summed E-state index contributed by atoms with van der Waals surface area (Å²) in [4.78, 5) is 0. The molecular weight excluding hydrogens is 196 g/mol. The van der Waals surface area contributed by atoms with E-state index in [1.54, 1.807) is 0 Å². The molecule has 88 valence electrons. The first kappa shape index (κ1) is 11.5. The average molecular weight is 218 g/mol. The van der Waals surface area contributed by atoms with Crippen molar-refractivity contribution in [2.75, 3.05) is 0 Å². The summed E-state index contributed by atoms with van der Waals surface area (Å²) in [5.74, 6) is 1.77. The van der Waals surface area contributed by atoms with Gasteiger partial charge in [0.05, 0.1) is 0 Å². The number of allylic oxidation sites excluding steroid dienone is 4. The highest BCUT2D eigenvalue weighted by Crippen LogP contribution is 2.40. The van der Waals surface area contributed by atoms with E-state index in [4.69, 9.17) is 4.74 Å².